The normalized spacial score (nSPS) is 18.1. The Morgan fingerprint density at radius 3 is 2.95 bits per heavy atom. The Morgan fingerprint density at radius 1 is 1.18 bits per heavy atom. The Morgan fingerprint density at radius 2 is 2.05 bits per heavy atom. The molecule has 0 unspecified atom stereocenters. The van der Waals surface area contributed by atoms with Gasteiger partial charge in [0.2, 0.25) is 0 Å². The van der Waals surface area contributed by atoms with Crippen LogP contribution in [0.1, 0.15) is 23.1 Å². The molecule has 2 aromatic rings. The van der Waals surface area contributed by atoms with Gasteiger partial charge in [-0.1, -0.05) is 24.3 Å². The number of hydrogen-bond acceptors (Lipinski definition) is 2. The van der Waals surface area contributed by atoms with Crippen molar-refractivity contribution in [1.29, 1.82) is 0 Å². The third-order valence-electron chi connectivity index (χ3n) is 4.48. The minimum absolute atomic E-state index is 0.0176. The molecule has 0 atom stereocenters. The highest BCUT2D eigenvalue weighted by atomic mass is 16.2. The zero-order valence-electron chi connectivity index (χ0n) is 12.6. The second-order valence-corrected chi connectivity index (χ2v) is 5.97. The Hall–Kier alpha value is -2.55. The maximum atomic E-state index is 12.2. The molecule has 4 rings (SSSR count). The molecule has 2 aliphatic rings. The van der Waals surface area contributed by atoms with Crippen LogP contribution in [0.3, 0.4) is 0 Å². The standard InChI is InChI=1S/C19H18N2O/c1-21-10-4-5-14-11-13(8-9-18(14)21)12-16-15-6-2-3-7-17(15)20-19(16)22/h2-3,6-9,11-12H,4-5,10H2,1H3,(H,20,22). The second kappa shape index (κ2) is 5.02. The molecule has 0 saturated carbocycles. The molecule has 1 amide bonds. The molecule has 0 aromatic heterocycles. The van der Waals surface area contributed by atoms with E-state index in [9.17, 15) is 4.79 Å². The maximum absolute atomic E-state index is 12.2. The summed E-state index contributed by atoms with van der Waals surface area (Å²) in [5.41, 5.74) is 6.41. The lowest BCUT2D eigenvalue weighted by Crippen LogP contribution is -2.24. The summed E-state index contributed by atoms with van der Waals surface area (Å²) in [6.45, 7) is 1.11. The van der Waals surface area contributed by atoms with E-state index in [0.717, 1.165) is 35.4 Å². The lowest BCUT2D eigenvalue weighted by atomic mass is 9.97. The first-order chi connectivity index (χ1) is 10.7. The number of carbonyl (C=O) groups is 1. The first-order valence-corrected chi connectivity index (χ1v) is 7.69. The lowest BCUT2D eigenvalue weighted by Gasteiger charge is -2.27. The van der Waals surface area contributed by atoms with E-state index >= 15 is 0 Å². The van der Waals surface area contributed by atoms with Crippen molar-refractivity contribution in [3.63, 3.8) is 0 Å². The van der Waals surface area contributed by atoms with Crippen molar-refractivity contribution in [1.82, 2.24) is 0 Å². The average Bonchev–Trinajstić information content (AvgIpc) is 2.84. The fraction of sp³-hybridized carbons (Fsp3) is 0.211. The molecule has 0 fully saturated rings. The molecule has 0 aliphatic carbocycles. The molecular formula is C19H18N2O. The van der Waals surface area contributed by atoms with Gasteiger partial charge in [-0.15, -0.1) is 0 Å². The van der Waals surface area contributed by atoms with Gasteiger partial charge in [-0.3, -0.25) is 4.79 Å². The monoisotopic (exact) mass is 290 g/mol. The summed E-state index contributed by atoms with van der Waals surface area (Å²) in [5, 5.41) is 2.92. The number of benzene rings is 2. The predicted octanol–water partition coefficient (Wildman–Crippen LogP) is 3.56. The number of para-hydroxylation sites is 1. The van der Waals surface area contributed by atoms with Crippen LogP contribution in [-0.2, 0) is 11.2 Å². The van der Waals surface area contributed by atoms with Crippen LogP contribution in [0.4, 0.5) is 11.4 Å². The summed E-state index contributed by atoms with van der Waals surface area (Å²) < 4.78 is 0. The summed E-state index contributed by atoms with van der Waals surface area (Å²) in [7, 11) is 2.14. The Kier molecular flexibility index (Phi) is 3.00. The van der Waals surface area contributed by atoms with Crippen molar-refractivity contribution >= 4 is 28.9 Å². The minimum atomic E-state index is -0.0176. The largest absolute Gasteiger partial charge is 0.374 e. The minimum Gasteiger partial charge on any atom is -0.374 e. The van der Waals surface area contributed by atoms with Crippen molar-refractivity contribution in [2.45, 2.75) is 12.8 Å². The van der Waals surface area contributed by atoms with Gasteiger partial charge < -0.3 is 10.2 Å². The molecule has 0 saturated heterocycles. The molecule has 3 nitrogen and oxygen atoms in total. The lowest BCUT2D eigenvalue weighted by molar-refractivity contribution is -0.110. The quantitative estimate of drug-likeness (QED) is 0.814. The van der Waals surface area contributed by atoms with Crippen LogP contribution in [0.2, 0.25) is 0 Å². The van der Waals surface area contributed by atoms with Gasteiger partial charge in [0.15, 0.2) is 0 Å². The van der Waals surface area contributed by atoms with E-state index in [1.807, 2.05) is 30.3 Å². The van der Waals surface area contributed by atoms with Crippen molar-refractivity contribution in [3.8, 4) is 0 Å². The fourth-order valence-corrected chi connectivity index (χ4v) is 3.34. The van der Waals surface area contributed by atoms with Crippen LogP contribution in [-0.4, -0.2) is 19.5 Å². The first-order valence-electron chi connectivity index (χ1n) is 7.69. The van der Waals surface area contributed by atoms with Crippen LogP contribution in [0.25, 0.3) is 11.6 Å². The molecule has 1 N–H and O–H groups in total. The summed E-state index contributed by atoms with van der Waals surface area (Å²) in [4.78, 5) is 14.5. The summed E-state index contributed by atoms with van der Waals surface area (Å²) in [6.07, 6.45) is 4.29. The molecule has 110 valence electrons. The van der Waals surface area contributed by atoms with Gasteiger partial charge in [0.05, 0.1) is 0 Å². The molecule has 0 bridgehead atoms. The van der Waals surface area contributed by atoms with E-state index in [-0.39, 0.29) is 5.91 Å². The van der Waals surface area contributed by atoms with E-state index in [0.29, 0.717) is 0 Å². The smallest absolute Gasteiger partial charge is 0.256 e. The molecule has 2 aliphatic heterocycles. The molecular weight excluding hydrogens is 272 g/mol. The van der Waals surface area contributed by atoms with Gasteiger partial charge in [0.1, 0.15) is 0 Å². The Bertz CT molecular complexity index is 792. The van der Waals surface area contributed by atoms with E-state index in [4.69, 9.17) is 0 Å². The van der Waals surface area contributed by atoms with Gasteiger partial charge in [-0.25, -0.2) is 0 Å². The van der Waals surface area contributed by atoms with Crippen LogP contribution < -0.4 is 10.2 Å². The van der Waals surface area contributed by atoms with E-state index in [2.05, 4.69) is 35.5 Å². The predicted molar refractivity (Wildman–Crippen MR) is 91.0 cm³/mol. The number of aryl methyl sites for hydroxylation is 1. The third-order valence-corrected chi connectivity index (χ3v) is 4.48. The number of fused-ring (bicyclic) bond motifs is 2. The SMILES string of the molecule is CN1CCCc2cc(C=C3C(=O)Nc4ccccc43)ccc21. The van der Waals surface area contributed by atoms with Crippen LogP contribution in [0.5, 0.6) is 0 Å². The van der Waals surface area contributed by atoms with Crippen molar-refractivity contribution in [3.05, 3.63) is 59.2 Å². The fourth-order valence-electron chi connectivity index (χ4n) is 3.34. The number of nitrogens with zero attached hydrogens (tertiary/aromatic N) is 1. The van der Waals surface area contributed by atoms with Crippen molar-refractivity contribution < 1.29 is 4.79 Å². The number of amides is 1. The number of nitrogens with one attached hydrogen (secondary N) is 1. The van der Waals surface area contributed by atoms with E-state index in [1.54, 1.807) is 0 Å². The summed E-state index contributed by atoms with van der Waals surface area (Å²) >= 11 is 0. The number of rotatable bonds is 1. The number of anilines is 2. The van der Waals surface area contributed by atoms with Crippen LogP contribution >= 0.6 is 0 Å². The van der Waals surface area contributed by atoms with Crippen molar-refractivity contribution in [2.75, 3.05) is 23.8 Å². The summed E-state index contributed by atoms with van der Waals surface area (Å²) in [6, 6.07) is 14.3. The maximum Gasteiger partial charge on any atom is 0.256 e. The number of hydrogen-bond donors (Lipinski definition) is 1. The van der Waals surface area contributed by atoms with E-state index in [1.165, 1.54) is 17.7 Å². The second-order valence-electron chi connectivity index (χ2n) is 5.97. The molecule has 0 radical (unpaired) electrons. The topological polar surface area (TPSA) is 32.3 Å². The first kappa shape index (κ1) is 13.1. The van der Waals surface area contributed by atoms with Crippen molar-refractivity contribution in [2.24, 2.45) is 0 Å². The summed E-state index contributed by atoms with van der Waals surface area (Å²) in [5.74, 6) is -0.0176. The van der Waals surface area contributed by atoms with Gasteiger partial charge in [-0.05, 0) is 48.2 Å². The van der Waals surface area contributed by atoms with Gasteiger partial charge in [0.25, 0.3) is 5.91 Å². The molecule has 2 heterocycles. The van der Waals surface area contributed by atoms with Crippen LogP contribution in [0.15, 0.2) is 42.5 Å². The highest BCUT2D eigenvalue weighted by Gasteiger charge is 2.23. The molecule has 3 heteroatoms. The highest BCUT2D eigenvalue weighted by Crippen LogP contribution is 2.34. The number of carbonyl (C=O) groups excluding carboxylic acids is 1. The van der Waals surface area contributed by atoms with Crippen LogP contribution in [0, 0.1) is 0 Å². The molecule has 2 aromatic carbocycles. The Labute approximate surface area is 130 Å². The molecule has 0 spiro atoms. The third kappa shape index (κ3) is 2.10. The van der Waals surface area contributed by atoms with Gasteiger partial charge in [0, 0.05) is 36.1 Å². The molecule has 22 heavy (non-hydrogen) atoms. The Balaban J connectivity index is 1.76. The van der Waals surface area contributed by atoms with E-state index < -0.39 is 0 Å². The zero-order valence-corrected chi connectivity index (χ0v) is 12.6. The zero-order chi connectivity index (χ0) is 15.1. The van der Waals surface area contributed by atoms with Gasteiger partial charge >= 0.3 is 0 Å². The average molecular weight is 290 g/mol. The highest BCUT2D eigenvalue weighted by molar-refractivity contribution is 6.34. The van der Waals surface area contributed by atoms with Gasteiger partial charge in [-0.2, -0.15) is 0 Å².